The van der Waals surface area contributed by atoms with E-state index < -0.39 is 6.10 Å². The molecule has 2 rings (SSSR count). The summed E-state index contributed by atoms with van der Waals surface area (Å²) in [5.41, 5.74) is 0.824. The third kappa shape index (κ3) is 5.03. The highest BCUT2D eigenvalue weighted by Gasteiger charge is 2.20. The molecule has 0 saturated carbocycles. The van der Waals surface area contributed by atoms with E-state index in [1.807, 2.05) is 25.1 Å². The molecule has 0 spiro atoms. The first-order valence-corrected chi connectivity index (χ1v) is 8.27. The summed E-state index contributed by atoms with van der Waals surface area (Å²) in [6.07, 6.45) is -0.669. The molecule has 0 saturated heterocycles. The molecule has 0 aliphatic heterocycles. The van der Waals surface area contributed by atoms with Gasteiger partial charge >= 0.3 is 0 Å². The minimum Gasteiger partial charge on any atom is -0.497 e. The standard InChI is InChI=1S/C19H22ClNO4/c1-12(17-11-15(23-3)8-9-18(17)24-4)21-19(22)13(2)25-16-7-5-6-14(20)10-16/h5-13H,1-4H3,(H,21,22)/t12-,13+/m0/s1. The summed E-state index contributed by atoms with van der Waals surface area (Å²) < 4.78 is 16.2. The van der Waals surface area contributed by atoms with Crippen LogP contribution in [0.3, 0.4) is 0 Å². The molecule has 0 aliphatic rings. The maximum atomic E-state index is 12.4. The van der Waals surface area contributed by atoms with Crippen molar-refractivity contribution in [3.63, 3.8) is 0 Å². The number of rotatable bonds is 7. The lowest BCUT2D eigenvalue weighted by molar-refractivity contribution is -0.127. The lowest BCUT2D eigenvalue weighted by Crippen LogP contribution is -2.37. The van der Waals surface area contributed by atoms with E-state index in [9.17, 15) is 4.79 Å². The van der Waals surface area contributed by atoms with Gasteiger partial charge in [-0.15, -0.1) is 0 Å². The van der Waals surface area contributed by atoms with Crippen molar-refractivity contribution in [1.29, 1.82) is 0 Å². The zero-order valence-corrected chi connectivity index (χ0v) is 15.5. The van der Waals surface area contributed by atoms with E-state index >= 15 is 0 Å². The summed E-state index contributed by atoms with van der Waals surface area (Å²) in [7, 11) is 3.18. The van der Waals surface area contributed by atoms with Crippen LogP contribution in [0, 0.1) is 0 Å². The predicted octanol–water partition coefficient (Wildman–Crippen LogP) is 4.00. The maximum absolute atomic E-state index is 12.4. The van der Waals surface area contributed by atoms with Gasteiger partial charge in [0.1, 0.15) is 17.2 Å². The second-order valence-corrected chi connectivity index (χ2v) is 5.99. The van der Waals surface area contributed by atoms with E-state index in [4.69, 9.17) is 25.8 Å². The van der Waals surface area contributed by atoms with E-state index in [1.165, 1.54) is 0 Å². The minimum absolute atomic E-state index is 0.239. The molecule has 2 aromatic rings. The number of carbonyl (C=O) groups excluding carboxylic acids is 1. The zero-order valence-electron chi connectivity index (χ0n) is 14.7. The molecule has 0 aliphatic carbocycles. The Balaban J connectivity index is 2.06. The molecule has 1 N–H and O–H groups in total. The molecular weight excluding hydrogens is 342 g/mol. The number of amides is 1. The Bertz CT molecular complexity index is 735. The van der Waals surface area contributed by atoms with Gasteiger partial charge in [0, 0.05) is 10.6 Å². The van der Waals surface area contributed by atoms with Gasteiger partial charge in [0.15, 0.2) is 6.10 Å². The fraction of sp³-hybridized carbons (Fsp3) is 0.316. The number of carbonyl (C=O) groups is 1. The highest BCUT2D eigenvalue weighted by molar-refractivity contribution is 6.30. The average molecular weight is 364 g/mol. The Morgan fingerprint density at radius 1 is 1.04 bits per heavy atom. The SMILES string of the molecule is COc1ccc(OC)c([C@H](C)NC(=O)[C@@H](C)Oc2cccc(Cl)c2)c1. The number of hydrogen-bond acceptors (Lipinski definition) is 4. The molecule has 2 atom stereocenters. The molecule has 0 heterocycles. The fourth-order valence-corrected chi connectivity index (χ4v) is 2.56. The van der Waals surface area contributed by atoms with E-state index in [-0.39, 0.29) is 11.9 Å². The van der Waals surface area contributed by atoms with Crippen LogP contribution in [-0.4, -0.2) is 26.2 Å². The normalized spacial score (nSPS) is 12.8. The molecule has 0 aromatic heterocycles. The van der Waals surface area contributed by atoms with Gasteiger partial charge in [-0.1, -0.05) is 17.7 Å². The van der Waals surface area contributed by atoms with Gasteiger partial charge in [-0.25, -0.2) is 0 Å². The second-order valence-electron chi connectivity index (χ2n) is 5.56. The van der Waals surface area contributed by atoms with Crippen molar-refractivity contribution in [3.05, 3.63) is 53.1 Å². The van der Waals surface area contributed by atoms with Gasteiger partial charge in [0.05, 0.1) is 20.3 Å². The summed E-state index contributed by atoms with van der Waals surface area (Å²) in [6, 6.07) is 12.1. The smallest absolute Gasteiger partial charge is 0.261 e. The third-order valence-electron chi connectivity index (χ3n) is 3.74. The Hall–Kier alpha value is -2.40. The van der Waals surface area contributed by atoms with Gasteiger partial charge in [0.2, 0.25) is 0 Å². The van der Waals surface area contributed by atoms with Crippen molar-refractivity contribution < 1.29 is 19.0 Å². The first-order chi connectivity index (χ1) is 11.9. The van der Waals surface area contributed by atoms with Crippen LogP contribution in [0.25, 0.3) is 0 Å². The summed E-state index contributed by atoms with van der Waals surface area (Å²) in [5.74, 6) is 1.68. The molecule has 134 valence electrons. The van der Waals surface area contributed by atoms with Crippen molar-refractivity contribution in [2.24, 2.45) is 0 Å². The summed E-state index contributed by atoms with van der Waals surface area (Å²) in [4.78, 5) is 12.4. The first kappa shape index (κ1) is 18.9. The van der Waals surface area contributed by atoms with Crippen LogP contribution in [0.1, 0.15) is 25.5 Å². The van der Waals surface area contributed by atoms with E-state index in [0.717, 1.165) is 5.56 Å². The monoisotopic (exact) mass is 363 g/mol. The number of nitrogens with one attached hydrogen (secondary N) is 1. The molecule has 0 radical (unpaired) electrons. The Morgan fingerprint density at radius 3 is 2.44 bits per heavy atom. The highest BCUT2D eigenvalue weighted by Crippen LogP contribution is 2.29. The third-order valence-corrected chi connectivity index (χ3v) is 3.98. The van der Waals surface area contributed by atoms with Gasteiger partial charge in [-0.3, -0.25) is 4.79 Å². The maximum Gasteiger partial charge on any atom is 0.261 e. The molecule has 0 unspecified atom stereocenters. The number of hydrogen-bond donors (Lipinski definition) is 1. The second kappa shape index (κ2) is 8.62. The summed E-state index contributed by atoms with van der Waals surface area (Å²) >= 11 is 5.93. The van der Waals surface area contributed by atoms with Crippen molar-refractivity contribution in [1.82, 2.24) is 5.32 Å². The van der Waals surface area contributed by atoms with Gasteiger partial charge < -0.3 is 19.5 Å². The van der Waals surface area contributed by atoms with Crippen LogP contribution in [0.2, 0.25) is 5.02 Å². The van der Waals surface area contributed by atoms with Crippen molar-refractivity contribution in [2.45, 2.75) is 26.0 Å². The molecule has 5 nitrogen and oxygen atoms in total. The highest BCUT2D eigenvalue weighted by atomic mass is 35.5. The van der Waals surface area contributed by atoms with Crippen molar-refractivity contribution >= 4 is 17.5 Å². The average Bonchev–Trinajstić information content (AvgIpc) is 2.60. The van der Waals surface area contributed by atoms with E-state index in [2.05, 4.69) is 5.32 Å². The van der Waals surface area contributed by atoms with Gasteiger partial charge in [-0.2, -0.15) is 0 Å². The van der Waals surface area contributed by atoms with Crippen LogP contribution in [0.5, 0.6) is 17.2 Å². The molecule has 25 heavy (non-hydrogen) atoms. The van der Waals surface area contributed by atoms with Crippen LogP contribution >= 0.6 is 11.6 Å². The molecular formula is C19H22ClNO4. The fourth-order valence-electron chi connectivity index (χ4n) is 2.38. The first-order valence-electron chi connectivity index (χ1n) is 7.89. The minimum atomic E-state index is -0.669. The quantitative estimate of drug-likeness (QED) is 0.807. The van der Waals surface area contributed by atoms with Crippen LogP contribution in [0.4, 0.5) is 0 Å². The molecule has 0 fully saturated rings. The van der Waals surface area contributed by atoms with Crippen LogP contribution in [-0.2, 0) is 4.79 Å². The lowest BCUT2D eigenvalue weighted by atomic mass is 10.1. The Morgan fingerprint density at radius 2 is 1.80 bits per heavy atom. The Labute approximate surface area is 152 Å². The molecule has 0 bridgehead atoms. The van der Waals surface area contributed by atoms with Crippen molar-refractivity contribution in [3.8, 4) is 17.2 Å². The summed E-state index contributed by atoms with van der Waals surface area (Å²) in [5, 5.41) is 3.48. The molecule has 2 aromatic carbocycles. The van der Waals surface area contributed by atoms with E-state index in [1.54, 1.807) is 45.4 Å². The van der Waals surface area contributed by atoms with Gasteiger partial charge in [0.25, 0.3) is 5.91 Å². The number of ether oxygens (including phenoxy) is 3. The Kier molecular flexibility index (Phi) is 6.53. The zero-order chi connectivity index (χ0) is 18.4. The molecule has 1 amide bonds. The largest absolute Gasteiger partial charge is 0.497 e. The predicted molar refractivity (Wildman–Crippen MR) is 97.6 cm³/mol. The van der Waals surface area contributed by atoms with Crippen molar-refractivity contribution in [2.75, 3.05) is 14.2 Å². The van der Waals surface area contributed by atoms with Crippen LogP contribution in [0.15, 0.2) is 42.5 Å². The van der Waals surface area contributed by atoms with Crippen LogP contribution < -0.4 is 19.5 Å². The van der Waals surface area contributed by atoms with E-state index in [0.29, 0.717) is 22.3 Å². The topological polar surface area (TPSA) is 56.8 Å². The lowest BCUT2D eigenvalue weighted by Gasteiger charge is -2.21. The number of benzene rings is 2. The number of methoxy groups -OCH3 is 2. The number of halogens is 1. The summed E-state index contributed by atoms with van der Waals surface area (Å²) in [6.45, 7) is 3.56. The molecule has 6 heteroatoms. The van der Waals surface area contributed by atoms with Gasteiger partial charge in [-0.05, 0) is 50.2 Å².